The Kier molecular flexibility index (Phi) is 4.57. The first kappa shape index (κ1) is 20.9. The molecule has 1 fully saturated rings. The van der Waals surface area contributed by atoms with E-state index in [1.807, 2.05) is 0 Å². The van der Waals surface area contributed by atoms with Crippen molar-refractivity contribution < 1.29 is 22.7 Å². The van der Waals surface area contributed by atoms with Crippen LogP contribution in [0.2, 0.25) is 0 Å². The van der Waals surface area contributed by atoms with Gasteiger partial charge in [0.1, 0.15) is 21.7 Å². The number of nitrogen functional groups attached to an aromatic ring is 1. The van der Waals surface area contributed by atoms with Crippen molar-refractivity contribution in [3.8, 4) is 5.88 Å². The minimum absolute atomic E-state index is 0.136. The molecule has 0 radical (unpaired) electrons. The summed E-state index contributed by atoms with van der Waals surface area (Å²) in [6.45, 7) is 7.19. The maximum Gasteiger partial charge on any atom is 0.413 e. The van der Waals surface area contributed by atoms with Gasteiger partial charge in [-0.1, -0.05) is 0 Å². The maximum absolute atomic E-state index is 13.9. The number of ether oxygens (including phenoxy) is 2. The van der Waals surface area contributed by atoms with Gasteiger partial charge in [0.15, 0.2) is 9.84 Å². The van der Waals surface area contributed by atoms with Crippen LogP contribution in [0.5, 0.6) is 5.88 Å². The lowest BCUT2D eigenvalue weighted by atomic mass is 9.81. The molecule has 164 valence electrons. The first-order valence-electron chi connectivity index (χ1n) is 10.1. The van der Waals surface area contributed by atoms with Gasteiger partial charge in [0.25, 0.3) is 0 Å². The second-order valence-electron chi connectivity index (χ2n) is 9.37. The van der Waals surface area contributed by atoms with E-state index >= 15 is 0 Å². The fourth-order valence-corrected chi connectivity index (χ4v) is 7.51. The molecule has 9 nitrogen and oxygen atoms in total. The van der Waals surface area contributed by atoms with Crippen molar-refractivity contribution in [2.75, 3.05) is 12.3 Å². The van der Waals surface area contributed by atoms with Crippen LogP contribution in [0.25, 0.3) is 0 Å². The van der Waals surface area contributed by atoms with E-state index in [4.69, 9.17) is 20.2 Å². The number of amidine groups is 1. The van der Waals surface area contributed by atoms with Crippen LogP contribution in [0.3, 0.4) is 0 Å². The molecular formula is C20H28N4O5S. The predicted molar refractivity (Wildman–Crippen MR) is 112 cm³/mol. The number of hydrogen-bond acceptors (Lipinski definition) is 8. The molecule has 3 aliphatic rings. The number of pyridine rings is 1. The monoisotopic (exact) mass is 436 g/mol. The van der Waals surface area contributed by atoms with Gasteiger partial charge in [-0.25, -0.2) is 18.2 Å². The average molecular weight is 437 g/mol. The molecule has 10 heteroatoms. The number of nitrogens with zero attached hydrogens (tertiary/aromatic N) is 2. The number of rotatable bonds is 0. The number of alkyl carbamates (subject to hydrolysis) is 1. The number of fused-ring (bicyclic) bond motifs is 3. The molecule has 1 aliphatic carbocycles. The molecule has 1 spiro atoms. The standard InChI is InChI=1S/C20H28N4O5S/c1-18(2,3)29-17(25)23-16-20(7-5-8-20)30(26,27)14-6-9-28-15-13(19(14,4)24-16)10-12(21)11-22-15/h10-11,14H,5-9,21H2,1-4H3,(H,23,24,25)/t14-,19+/m0/s1. The number of nitrogens with two attached hydrogens (primary N) is 1. The van der Waals surface area contributed by atoms with Crippen LogP contribution in [-0.2, 0) is 20.1 Å². The number of nitrogens with one attached hydrogen (secondary N) is 1. The summed E-state index contributed by atoms with van der Waals surface area (Å²) in [4.78, 5) is 21.6. The first-order valence-corrected chi connectivity index (χ1v) is 11.7. The van der Waals surface area contributed by atoms with Gasteiger partial charge in [0, 0.05) is 12.0 Å². The molecule has 30 heavy (non-hydrogen) atoms. The number of hydrogen-bond donors (Lipinski definition) is 2. The smallest absolute Gasteiger partial charge is 0.413 e. The Morgan fingerprint density at radius 3 is 2.67 bits per heavy atom. The van der Waals surface area contributed by atoms with Crippen LogP contribution in [0.1, 0.15) is 58.9 Å². The lowest BCUT2D eigenvalue weighted by Crippen LogP contribution is -2.67. The van der Waals surface area contributed by atoms with Crippen LogP contribution < -0.4 is 15.8 Å². The quantitative estimate of drug-likeness (QED) is 0.637. The summed E-state index contributed by atoms with van der Waals surface area (Å²) < 4.78 is 37.7. The van der Waals surface area contributed by atoms with E-state index in [2.05, 4.69) is 10.3 Å². The second kappa shape index (κ2) is 6.57. The highest BCUT2D eigenvalue weighted by atomic mass is 32.2. The Bertz CT molecular complexity index is 1030. The summed E-state index contributed by atoms with van der Waals surface area (Å²) in [7, 11) is -3.71. The summed E-state index contributed by atoms with van der Waals surface area (Å²) in [6, 6.07) is 1.66. The fourth-order valence-electron chi connectivity index (χ4n) is 4.56. The van der Waals surface area contributed by atoms with Crippen molar-refractivity contribution in [2.24, 2.45) is 4.99 Å². The highest BCUT2D eigenvalue weighted by Gasteiger charge is 2.64. The minimum Gasteiger partial charge on any atom is -0.477 e. The zero-order valence-electron chi connectivity index (χ0n) is 17.7. The molecule has 3 N–H and O–H groups in total. The van der Waals surface area contributed by atoms with Gasteiger partial charge >= 0.3 is 6.09 Å². The SMILES string of the molecule is CC(C)(C)OC(=O)NC1=N[C@]2(C)c3cc(N)cnc3OCC[C@@H]2S(=O)(=O)C12CCC2. The Morgan fingerprint density at radius 1 is 1.37 bits per heavy atom. The van der Waals surface area contributed by atoms with E-state index < -0.39 is 37.1 Å². The molecule has 3 heterocycles. The van der Waals surface area contributed by atoms with E-state index in [1.165, 1.54) is 6.20 Å². The van der Waals surface area contributed by atoms with Crippen LogP contribution in [0.15, 0.2) is 17.3 Å². The largest absolute Gasteiger partial charge is 0.477 e. The average Bonchev–Trinajstić information content (AvgIpc) is 2.68. The molecule has 0 aromatic carbocycles. The summed E-state index contributed by atoms with van der Waals surface area (Å²) in [5.74, 6) is 0.450. The van der Waals surface area contributed by atoms with Gasteiger partial charge in [0.2, 0.25) is 5.88 Å². The maximum atomic E-state index is 13.9. The number of aliphatic imine (C=N–C) groups is 1. The molecule has 2 aliphatic heterocycles. The molecule has 4 rings (SSSR count). The van der Waals surface area contributed by atoms with Crippen molar-refractivity contribution in [1.29, 1.82) is 0 Å². The molecule has 0 unspecified atom stereocenters. The van der Waals surface area contributed by atoms with Gasteiger partial charge in [0.05, 0.1) is 23.7 Å². The lowest BCUT2D eigenvalue weighted by Gasteiger charge is -2.50. The molecule has 2 atom stereocenters. The third-order valence-electron chi connectivity index (χ3n) is 6.14. The number of carbonyl (C=O) groups excluding carboxylic acids is 1. The summed E-state index contributed by atoms with van der Waals surface area (Å²) >= 11 is 0. The highest BCUT2D eigenvalue weighted by Crippen LogP contribution is 2.53. The van der Waals surface area contributed by atoms with E-state index in [9.17, 15) is 13.2 Å². The van der Waals surface area contributed by atoms with E-state index in [0.29, 0.717) is 30.0 Å². The minimum atomic E-state index is -3.71. The van der Waals surface area contributed by atoms with E-state index in [-0.39, 0.29) is 18.9 Å². The van der Waals surface area contributed by atoms with Crippen LogP contribution in [0.4, 0.5) is 10.5 Å². The molecule has 1 amide bonds. The number of aromatic nitrogens is 1. The third-order valence-corrected chi connectivity index (χ3v) is 9.27. The Hall–Kier alpha value is -2.36. The number of anilines is 1. The van der Waals surface area contributed by atoms with Crippen molar-refractivity contribution in [1.82, 2.24) is 10.3 Å². The number of amides is 1. The van der Waals surface area contributed by atoms with Gasteiger partial charge in [-0.15, -0.1) is 0 Å². The van der Waals surface area contributed by atoms with Crippen LogP contribution >= 0.6 is 0 Å². The van der Waals surface area contributed by atoms with Crippen molar-refractivity contribution in [3.05, 3.63) is 17.8 Å². The van der Waals surface area contributed by atoms with Crippen LogP contribution in [0, 0.1) is 0 Å². The summed E-state index contributed by atoms with van der Waals surface area (Å²) in [5.41, 5.74) is 4.92. The molecule has 1 saturated carbocycles. The van der Waals surface area contributed by atoms with E-state index in [0.717, 1.165) is 6.42 Å². The van der Waals surface area contributed by atoms with Crippen molar-refractivity contribution >= 4 is 27.5 Å². The number of carbonyl (C=O) groups is 1. The van der Waals surface area contributed by atoms with Gasteiger partial charge in [-0.05, 0) is 53.0 Å². The van der Waals surface area contributed by atoms with Crippen LogP contribution in [-0.4, -0.2) is 47.5 Å². The Morgan fingerprint density at radius 2 is 2.07 bits per heavy atom. The van der Waals surface area contributed by atoms with Crippen molar-refractivity contribution in [2.45, 2.75) is 74.5 Å². The van der Waals surface area contributed by atoms with Gasteiger partial charge in [-0.2, -0.15) is 0 Å². The molecule has 0 bridgehead atoms. The molecular weight excluding hydrogens is 408 g/mol. The fraction of sp³-hybridized carbons (Fsp3) is 0.650. The zero-order valence-corrected chi connectivity index (χ0v) is 18.5. The number of sulfone groups is 1. The van der Waals surface area contributed by atoms with Gasteiger partial charge in [-0.3, -0.25) is 10.3 Å². The Balaban J connectivity index is 1.88. The lowest BCUT2D eigenvalue weighted by molar-refractivity contribution is 0.0558. The molecule has 1 aromatic rings. The predicted octanol–water partition coefficient (Wildman–Crippen LogP) is 2.30. The molecule has 0 saturated heterocycles. The third kappa shape index (κ3) is 3.03. The highest BCUT2D eigenvalue weighted by molar-refractivity contribution is 7.94. The summed E-state index contributed by atoms with van der Waals surface area (Å²) in [5, 5.41) is 1.86. The van der Waals surface area contributed by atoms with Crippen molar-refractivity contribution in [3.63, 3.8) is 0 Å². The Labute approximate surface area is 176 Å². The summed E-state index contributed by atoms with van der Waals surface area (Å²) in [6.07, 6.45) is 2.61. The van der Waals surface area contributed by atoms with E-state index in [1.54, 1.807) is 33.8 Å². The van der Waals surface area contributed by atoms with Gasteiger partial charge < -0.3 is 15.2 Å². The topological polar surface area (TPSA) is 133 Å². The first-order chi connectivity index (χ1) is 13.9. The zero-order chi connectivity index (χ0) is 21.9. The second-order valence-corrected chi connectivity index (χ2v) is 11.8. The normalized spacial score (nSPS) is 28.7. The molecule has 1 aromatic heterocycles.